The van der Waals surface area contributed by atoms with Crippen LogP contribution in [0.25, 0.3) is 22.6 Å². The van der Waals surface area contributed by atoms with Gasteiger partial charge >= 0.3 is 0 Å². The van der Waals surface area contributed by atoms with Crippen LogP contribution in [-0.4, -0.2) is 20.3 Å². The second-order valence-electron chi connectivity index (χ2n) is 6.84. The van der Waals surface area contributed by atoms with E-state index in [1.54, 1.807) is 0 Å². The van der Waals surface area contributed by atoms with Gasteiger partial charge in [0.25, 0.3) is 0 Å². The Bertz CT molecular complexity index is 1080. The van der Waals surface area contributed by atoms with Gasteiger partial charge in [-0.25, -0.2) is 0 Å². The molecule has 0 N–H and O–H groups in total. The summed E-state index contributed by atoms with van der Waals surface area (Å²) in [4.78, 5) is 4.45. The maximum Gasteiger partial charge on any atom is 0.237 e. The van der Waals surface area contributed by atoms with E-state index < -0.39 is 0 Å². The van der Waals surface area contributed by atoms with E-state index in [2.05, 4.69) is 74.4 Å². The Kier molecular flexibility index (Phi) is 6.06. The van der Waals surface area contributed by atoms with Gasteiger partial charge in [-0.1, -0.05) is 71.0 Å². The molecule has 0 aliphatic carbocycles. The lowest BCUT2D eigenvalue weighted by Crippen LogP contribution is -1.91. The maximum absolute atomic E-state index is 5.35. The van der Waals surface area contributed by atoms with Crippen LogP contribution < -0.4 is 0 Å². The molecule has 0 atom stereocenters. The van der Waals surface area contributed by atoms with Gasteiger partial charge in [0.2, 0.25) is 11.7 Å². The van der Waals surface area contributed by atoms with Crippen molar-refractivity contribution in [2.24, 2.45) is 0 Å². The Balaban J connectivity index is 1.39. The van der Waals surface area contributed by atoms with Crippen LogP contribution in [0.5, 0.6) is 0 Å². The quantitative estimate of drug-likeness (QED) is 0.307. The van der Waals surface area contributed by atoms with Crippen molar-refractivity contribution in [1.29, 1.82) is 0 Å². The summed E-state index contributed by atoms with van der Waals surface area (Å²) < 4.78 is 6.37. The van der Waals surface area contributed by atoms with E-state index in [4.69, 9.17) is 4.52 Å². The second kappa shape index (κ2) is 8.88. The summed E-state index contributed by atoms with van der Waals surface area (Å²) in [6.07, 6.45) is 0. The van der Waals surface area contributed by atoms with Crippen molar-refractivity contribution in [2.45, 2.75) is 30.5 Å². The molecule has 0 amide bonds. The van der Waals surface area contributed by atoms with Gasteiger partial charge in [0.15, 0.2) is 0 Å². The SMILES string of the molecule is CC(C)c1ccc(-c2ccc(SCc3nc(-c4ccc(Br)cc4)no3)nn2)cc1. The summed E-state index contributed by atoms with van der Waals surface area (Å²) in [5, 5.41) is 13.5. The normalized spacial score (nSPS) is 11.2. The molecule has 7 heteroatoms. The number of rotatable bonds is 6. The van der Waals surface area contributed by atoms with Crippen molar-refractivity contribution in [3.05, 3.63) is 76.6 Å². The van der Waals surface area contributed by atoms with Crippen molar-refractivity contribution in [3.8, 4) is 22.6 Å². The summed E-state index contributed by atoms with van der Waals surface area (Å²) in [5.74, 6) is 2.20. The number of thioether (sulfide) groups is 1. The third-order valence-electron chi connectivity index (χ3n) is 4.43. The Morgan fingerprint density at radius 3 is 2.28 bits per heavy atom. The van der Waals surface area contributed by atoms with Crippen molar-refractivity contribution in [3.63, 3.8) is 0 Å². The van der Waals surface area contributed by atoms with E-state index >= 15 is 0 Å². The average molecular weight is 467 g/mol. The molecule has 2 aromatic heterocycles. The lowest BCUT2D eigenvalue weighted by molar-refractivity contribution is 0.391. The lowest BCUT2D eigenvalue weighted by atomic mass is 10.0. The summed E-state index contributed by atoms with van der Waals surface area (Å²) in [6, 6.07) is 20.2. The molecule has 5 nitrogen and oxygen atoms in total. The van der Waals surface area contributed by atoms with Gasteiger partial charge in [-0.3, -0.25) is 0 Å². The van der Waals surface area contributed by atoms with Gasteiger partial charge in [0.1, 0.15) is 5.03 Å². The van der Waals surface area contributed by atoms with Crippen LogP contribution in [0.3, 0.4) is 0 Å². The minimum Gasteiger partial charge on any atom is -0.338 e. The number of nitrogens with zero attached hydrogens (tertiary/aromatic N) is 4. The molecule has 4 rings (SSSR count). The van der Waals surface area contributed by atoms with Crippen molar-refractivity contribution >= 4 is 27.7 Å². The van der Waals surface area contributed by atoms with Gasteiger partial charge in [-0.05, 0) is 47.9 Å². The molecule has 0 unspecified atom stereocenters. The number of aromatic nitrogens is 4. The van der Waals surface area contributed by atoms with E-state index in [1.165, 1.54) is 17.3 Å². The zero-order chi connectivity index (χ0) is 20.2. The Morgan fingerprint density at radius 1 is 0.897 bits per heavy atom. The smallest absolute Gasteiger partial charge is 0.237 e. The van der Waals surface area contributed by atoms with Crippen LogP contribution in [0, 0.1) is 0 Å². The van der Waals surface area contributed by atoms with Crippen molar-refractivity contribution < 1.29 is 4.52 Å². The van der Waals surface area contributed by atoms with Crippen LogP contribution in [0.2, 0.25) is 0 Å². The molecule has 29 heavy (non-hydrogen) atoms. The molecular weight excluding hydrogens is 448 g/mol. The van der Waals surface area contributed by atoms with Crippen LogP contribution >= 0.6 is 27.7 Å². The highest BCUT2D eigenvalue weighted by Crippen LogP contribution is 2.25. The molecule has 4 aromatic rings. The summed E-state index contributed by atoms with van der Waals surface area (Å²) >= 11 is 4.94. The van der Waals surface area contributed by atoms with Crippen molar-refractivity contribution in [1.82, 2.24) is 20.3 Å². The number of benzene rings is 2. The molecule has 0 saturated carbocycles. The first-order valence-corrected chi connectivity index (χ1v) is 11.0. The fraction of sp³-hybridized carbons (Fsp3) is 0.182. The average Bonchev–Trinajstić information content (AvgIpc) is 3.22. The van der Waals surface area contributed by atoms with Crippen molar-refractivity contribution in [2.75, 3.05) is 0 Å². The van der Waals surface area contributed by atoms with E-state index in [1.807, 2.05) is 36.4 Å². The van der Waals surface area contributed by atoms with Gasteiger partial charge in [0.05, 0.1) is 11.4 Å². The van der Waals surface area contributed by atoms with Gasteiger partial charge < -0.3 is 4.52 Å². The minimum absolute atomic E-state index is 0.517. The fourth-order valence-electron chi connectivity index (χ4n) is 2.76. The molecule has 0 spiro atoms. The third-order valence-corrected chi connectivity index (χ3v) is 5.86. The first-order valence-electron chi connectivity index (χ1n) is 9.24. The van der Waals surface area contributed by atoms with E-state index in [9.17, 15) is 0 Å². The maximum atomic E-state index is 5.35. The summed E-state index contributed by atoms with van der Waals surface area (Å²) in [5.41, 5.74) is 4.16. The second-order valence-corrected chi connectivity index (χ2v) is 8.75. The molecule has 146 valence electrons. The Morgan fingerprint density at radius 2 is 1.62 bits per heavy atom. The Hall–Kier alpha value is -2.51. The van der Waals surface area contributed by atoms with Gasteiger partial charge in [0, 0.05) is 15.6 Å². The zero-order valence-electron chi connectivity index (χ0n) is 16.0. The number of hydrogen-bond acceptors (Lipinski definition) is 6. The summed E-state index contributed by atoms with van der Waals surface area (Å²) in [6.45, 7) is 4.37. The molecule has 0 aliphatic heterocycles. The predicted octanol–water partition coefficient (Wildman–Crippen LogP) is 6.37. The molecule has 0 saturated heterocycles. The van der Waals surface area contributed by atoms with E-state index in [0.29, 0.717) is 23.4 Å². The molecule has 0 aliphatic rings. The lowest BCUT2D eigenvalue weighted by Gasteiger charge is -2.06. The van der Waals surface area contributed by atoms with Crippen LogP contribution in [0.4, 0.5) is 0 Å². The highest BCUT2D eigenvalue weighted by atomic mass is 79.9. The first kappa shape index (κ1) is 19.8. The van der Waals surface area contributed by atoms with E-state index in [-0.39, 0.29) is 0 Å². The largest absolute Gasteiger partial charge is 0.338 e. The predicted molar refractivity (Wildman–Crippen MR) is 119 cm³/mol. The van der Waals surface area contributed by atoms with Crippen LogP contribution in [-0.2, 0) is 5.75 Å². The highest BCUT2D eigenvalue weighted by molar-refractivity contribution is 9.10. The van der Waals surface area contributed by atoms with Gasteiger partial charge in [-0.2, -0.15) is 4.98 Å². The molecule has 2 heterocycles. The zero-order valence-corrected chi connectivity index (χ0v) is 18.4. The standard InChI is InChI=1S/C22H19BrN4OS/c1-14(2)15-3-5-16(6-4-15)19-11-12-21(26-25-19)29-13-20-24-22(27-28-20)17-7-9-18(23)10-8-17/h3-12,14H,13H2,1-2H3. The first-order chi connectivity index (χ1) is 14.1. The molecule has 0 radical (unpaired) electrons. The highest BCUT2D eigenvalue weighted by Gasteiger charge is 2.10. The van der Waals surface area contributed by atoms with E-state index in [0.717, 1.165) is 26.3 Å². The van der Waals surface area contributed by atoms with Crippen LogP contribution in [0.1, 0.15) is 31.2 Å². The molecule has 0 fully saturated rings. The number of halogens is 1. The summed E-state index contributed by atoms with van der Waals surface area (Å²) in [7, 11) is 0. The number of hydrogen-bond donors (Lipinski definition) is 0. The minimum atomic E-state index is 0.517. The van der Waals surface area contributed by atoms with Gasteiger partial charge in [-0.15, -0.1) is 10.2 Å². The molecule has 0 bridgehead atoms. The molecule has 2 aromatic carbocycles. The topological polar surface area (TPSA) is 64.7 Å². The van der Waals surface area contributed by atoms with Crippen LogP contribution in [0.15, 0.2) is 74.7 Å². The monoisotopic (exact) mass is 466 g/mol. The third kappa shape index (κ3) is 4.92. The Labute approximate surface area is 182 Å². The molecular formula is C22H19BrN4OS. The fourth-order valence-corrected chi connectivity index (χ4v) is 3.67.